The smallest absolute Gasteiger partial charge is 0.272 e. The standard InChI is InChI=1S/C20H18N4O4/c1-12-6-4-5-7-13(12)10-23-11-21-20(22-23)24-18(25)14-8-9-15(27-2)17(28-3)16(14)19(24)26/h4-9,11H,10H2,1-3H3. The number of methoxy groups -OCH3 is 2. The number of hydrogen-bond donors (Lipinski definition) is 0. The molecule has 0 unspecified atom stereocenters. The Hall–Kier alpha value is -3.68. The van der Waals surface area contributed by atoms with Crippen LogP contribution in [0.2, 0.25) is 0 Å². The second kappa shape index (κ2) is 6.80. The maximum Gasteiger partial charge on any atom is 0.272 e. The van der Waals surface area contributed by atoms with Crippen molar-refractivity contribution in [1.82, 2.24) is 14.8 Å². The summed E-state index contributed by atoms with van der Waals surface area (Å²) in [7, 11) is 2.89. The number of nitrogens with zero attached hydrogens (tertiary/aromatic N) is 4. The Kier molecular flexibility index (Phi) is 4.31. The predicted octanol–water partition coefficient (Wildman–Crippen LogP) is 2.45. The summed E-state index contributed by atoms with van der Waals surface area (Å²) in [6, 6.07) is 11.1. The van der Waals surface area contributed by atoms with Crippen LogP contribution in [0.25, 0.3) is 0 Å². The molecule has 2 aromatic carbocycles. The maximum absolute atomic E-state index is 13.0. The first-order valence-corrected chi connectivity index (χ1v) is 8.63. The minimum absolute atomic E-state index is 0.0285. The molecule has 1 aliphatic rings. The summed E-state index contributed by atoms with van der Waals surface area (Å²) < 4.78 is 12.1. The molecule has 28 heavy (non-hydrogen) atoms. The van der Waals surface area contributed by atoms with Gasteiger partial charge in [-0.15, -0.1) is 5.10 Å². The molecule has 0 radical (unpaired) electrons. The van der Waals surface area contributed by atoms with Gasteiger partial charge in [0.1, 0.15) is 6.33 Å². The Labute approximate surface area is 161 Å². The summed E-state index contributed by atoms with van der Waals surface area (Å²) in [6.45, 7) is 2.50. The normalized spacial score (nSPS) is 13.0. The highest BCUT2D eigenvalue weighted by Crippen LogP contribution is 2.39. The van der Waals surface area contributed by atoms with E-state index in [0.717, 1.165) is 16.0 Å². The lowest BCUT2D eigenvalue weighted by Crippen LogP contribution is -2.30. The molecule has 1 aromatic heterocycles. The third-order valence-corrected chi connectivity index (χ3v) is 4.71. The van der Waals surface area contributed by atoms with Crippen molar-refractivity contribution in [1.29, 1.82) is 0 Å². The van der Waals surface area contributed by atoms with Crippen LogP contribution in [-0.4, -0.2) is 40.8 Å². The molecule has 8 nitrogen and oxygen atoms in total. The molecular formula is C20H18N4O4. The van der Waals surface area contributed by atoms with Gasteiger partial charge >= 0.3 is 0 Å². The van der Waals surface area contributed by atoms with Crippen molar-refractivity contribution in [2.45, 2.75) is 13.5 Å². The van der Waals surface area contributed by atoms with E-state index in [4.69, 9.17) is 9.47 Å². The number of aryl methyl sites for hydroxylation is 1. The predicted molar refractivity (Wildman–Crippen MR) is 101 cm³/mol. The number of carbonyl (C=O) groups is 2. The third kappa shape index (κ3) is 2.70. The molecule has 0 atom stereocenters. The van der Waals surface area contributed by atoms with Gasteiger partial charge in [-0.1, -0.05) is 24.3 Å². The molecule has 2 heterocycles. The maximum atomic E-state index is 13.0. The first-order valence-electron chi connectivity index (χ1n) is 8.63. The largest absolute Gasteiger partial charge is 0.493 e. The molecule has 0 saturated heterocycles. The van der Waals surface area contributed by atoms with Crippen LogP contribution in [-0.2, 0) is 6.54 Å². The van der Waals surface area contributed by atoms with Gasteiger partial charge in [0.15, 0.2) is 11.5 Å². The number of rotatable bonds is 5. The van der Waals surface area contributed by atoms with E-state index in [1.54, 1.807) is 16.8 Å². The fourth-order valence-corrected chi connectivity index (χ4v) is 3.25. The highest BCUT2D eigenvalue weighted by molar-refractivity contribution is 6.35. The van der Waals surface area contributed by atoms with E-state index in [9.17, 15) is 9.59 Å². The van der Waals surface area contributed by atoms with Crippen LogP contribution < -0.4 is 14.4 Å². The zero-order valence-electron chi connectivity index (χ0n) is 15.7. The van der Waals surface area contributed by atoms with Crippen LogP contribution in [0.1, 0.15) is 31.8 Å². The fraction of sp³-hybridized carbons (Fsp3) is 0.200. The Bertz CT molecular complexity index is 1090. The van der Waals surface area contributed by atoms with Crippen LogP contribution >= 0.6 is 0 Å². The van der Waals surface area contributed by atoms with Gasteiger partial charge in [0.05, 0.1) is 31.9 Å². The monoisotopic (exact) mass is 378 g/mol. The lowest BCUT2D eigenvalue weighted by molar-refractivity contribution is 0.0923. The molecule has 0 bridgehead atoms. The highest BCUT2D eigenvalue weighted by atomic mass is 16.5. The van der Waals surface area contributed by atoms with Gasteiger partial charge in [-0.05, 0) is 30.2 Å². The zero-order valence-corrected chi connectivity index (χ0v) is 15.7. The van der Waals surface area contributed by atoms with Gasteiger partial charge in [0.2, 0.25) is 0 Å². The summed E-state index contributed by atoms with van der Waals surface area (Å²) in [4.78, 5) is 30.9. The molecule has 142 valence electrons. The van der Waals surface area contributed by atoms with Crippen molar-refractivity contribution in [3.8, 4) is 11.5 Å². The molecule has 2 amide bonds. The summed E-state index contributed by atoms with van der Waals surface area (Å²) in [5, 5.41) is 4.33. The van der Waals surface area contributed by atoms with E-state index in [2.05, 4.69) is 10.1 Å². The molecule has 0 aliphatic carbocycles. The quantitative estimate of drug-likeness (QED) is 0.634. The molecule has 4 rings (SSSR count). The Morgan fingerprint density at radius 1 is 1.00 bits per heavy atom. The third-order valence-electron chi connectivity index (χ3n) is 4.71. The number of ether oxygens (including phenoxy) is 2. The highest BCUT2D eigenvalue weighted by Gasteiger charge is 2.42. The second-order valence-corrected chi connectivity index (χ2v) is 6.34. The molecule has 1 aliphatic heterocycles. The van der Waals surface area contributed by atoms with E-state index in [0.29, 0.717) is 12.3 Å². The molecule has 0 fully saturated rings. The van der Waals surface area contributed by atoms with Crippen LogP contribution in [0.3, 0.4) is 0 Å². The topological polar surface area (TPSA) is 86.6 Å². The molecular weight excluding hydrogens is 360 g/mol. The first-order chi connectivity index (χ1) is 13.5. The molecule has 8 heteroatoms. The van der Waals surface area contributed by atoms with Gasteiger partial charge in [0.25, 0.3) is 17.8 Å². The Morgan fingerprint density at radius 3 is 2.50 bits per heavy atom. The first kappa shape index (κ1) is 17.7. The van der Waals surface area contributed by atoms with Crippen molar-refractivity contribution < 1.29 is 19.1 Å². The number of anilines is 1. The van der Waals surface area contributed by atoms with Crippen molar-refractivity contribution in [2.24, 2.45) is 0 Å². The SMILES string of the molecule is COc1ccc2c(c1OC)C(=O)N(c1ncn(Cc3ccccc3C)n1)C2=O. The van der Waals surface area contributed by atoms with E-state index in [1.165, 1.54) is 20.5 Å². The average Bonchev–Trinajstić information content (AvgIpc) is 3.25. The molecule has 0 N–H and O–H groups in total. The summed E-state index contributed by atoms with van der Waals surface area (Å²) in [5.74, 6) is -0.401. The molecule has 3 aromatic rings. The second-order valence-electron chi connectivity index (χ2n) is 6.34. The summed E-state index contributed by atoms with van der Waals surface area (Å²) >= 11 is 0. The fourth-order valence-electron chi connectivity index (χ4n) is 3.25. The van der Waals surface area contributed by atoms with E-state index >= 15 is 0 Å². The van der Waals surface area contributed by atoms with Crippen LogP contribution in [0.4, 0.5) is 5.95 Å². The Balaban J connectivity index is 1.68. The van der Waals surface area contributed by atoms with E-state index in [1.807, 2.05) is 31.2 Å². The van der Waals surface area contributed by atoms with E-state index < -0.39 is 11.8 Å². The lowest BCUT2D eigenvalue weighted by atomic mass is 10.1. The number of aromatic nitrogens is 3. The van der Waals surface area contributed by atoms with Crippen molar-refractivity contribution >= 4 is 17.8 Å². The number of hydrogen-bond acceptors (Lipinski definition) is 6. The number of carbonyl (C=O) groups excluding carboxylic acids is 2. The lowest BCUT2D eigenvalue weighted by Gasteiger charge is -2.10. The summed E-state index contributed by atoms with van der Waals surface area (Å²) in [6.07, 6.45) is 1.50. The number of benzene rings is 2. The molecule has 0 saturated carbocycles. The van der Waals surface area contributed by atoms with Crippen LogP contribution in [0.5, 0.6) is 11.5 Å². The van der Waals surface area contributed by atoms with Gasteiger partial charge in [-0.3, -0.25) is 9.59 Å². The van der Waals surface area contributed by atoms with Crippen LogP contribution in [0.15, 0.2) is 42.7 Å². The van der Waals surface area contributed by atoms with Crippen molar-refractivity contribution in [2.75, 3.05) is 19.1 Å². The van der Waals surface area contributed by atoms with Crippen LogP contribution in [0, 0.1) is 6.92 Å². The summed E-state index contributed by atoms with van der Waals surface area (Å²) in [5.41, 5.74) is 2.59. The number of imide groups is 1. The number of amides is 2. The average molecular weight is 378 g/mol. The zero-order chi connectivity index (χ0) is 19.8. The molecule has 0 spiro atoms. The van der Waals surface area contributed by atoms with Crippen molar-refractivity contribution in [3.63, 3.8) is 0 Å². The van der Waals surface area contributed by atoms with Crippen molar-refractivity contribution in [3.05, 3.63) is 65.0 Å². The number of fused-ring (bicyclic) bond motifs is 1. The van der Waals surface area contributed by atoms with Gasteiger partial charge < -0.3 is 9.47 Å². The van der Waals surface area contributed by atoms with Gasteiger partial charge in [-0.25, -0.2) is 9.58 Å². The minimum atomic E-state index is -0.538. The Morgan fingerprint density at radius 2 is 1.79 bits per heavy atom. The van der Waals surface area contributed by atoms with E-state index in [-0.39, 0.29) is 22.8 Å². The van der Waals surface area contributed by atoms with Gasteiger partial charge in [-0.2, -0.15) is 4.98 Å². The minimum Gasteiger partial charge on any atom is -0.493 e. The van der Waals surface area contributed by atoms with Gasteiger partial charge in [0, 0.05) is 0 Å².